The first-order chi connectivity index (χ1) is 7.16. The van der Waals surface area contributed by atoms with Crippen LogP contribution in [0, 0.1) is 13.8 Å². The highest BCUT2D eigenvalue weighted by molar-refractivity contribution is 5.69. The molecule has 2 aromatic rings. The van der Waals surface area contributed by atoms with Gasteiger partial charge in [-0.2, -0.15) is 5.10 Å². The molecule has 0 atom stereocenters. The molecule has 0 saturated carbocycles. The molecule has 0 spiro atoms. The Kier molecular flexibility index (Phi) is 2.33. The van der Waals surface area contributed by atoms with Crippen LogP contribution in [0.2, 0.25) is 0 Å². The molecule has 4 N–H and O–H groups in total. The van der Waals surface area contributed by atoms with Crippen LogP contribution in [0.15, 0.2) is 24.4 Å². The number of hydrogen-bond acceptors (Lipinski definition) is 3. The van der Waals surface area contributed by atoms with Crippen molar-refractivity contribution in [2.24, 2.45) is 0 Å². The van der Waals surface area contributed by atoms with E-state index in [1.165, 1.54) is 11.1 Å². The van der Waals surface area contributed by atoms with E-state index in [-0.39, 0.29) is 0 Å². The zero-order valence-corrected chi connectivity index (χ0v) is 8.83. The van der Waals surface area contributed by atoms with Gasteiger partial charge in [0.2, 0.25) is 0 Å². The van der Waals surface area contributed by atoms with Crippen LogP contribution < -0.4 is 11.1 Å². The highest BCUT2D eigenvalue weighted by Gasteiger charge is 2.01. The molecule has 15 heavy (non-hydrogen) atoms. The zero-order chi connectivity index (χ0) is 10.8. The van der Waals surface area contributed by atoms with Crippen LogP contribution in [0.1, 0.15) is 11.1 Å². The van der Waals surface area contributed by atoms with Crippen LogP contribution in [0.5, 0.6) is 0 Å². The second kappa shape index (κ2) is 3.65. The molecular weight excluding hydrogens is 188 g/mol. The minimum Gasteiger partial charge on any atom is -0.382 e. The highest BCUT2D eigenvalue weighted by Crippen LogP contribution is 2.22. The molecule has 4 heteroatoms. The van der Waals surface area contributed by atoms with Gasteiger partial charge in [-0.25, -0.2) is 0 Å². The summed E-state index contributed by atoms with van der Waals surface area (Å²) in [5, 5.41) is 9.73. The lowest BCUT2D eigenvalue weighted by molar-refractivity contribution is 1.10. The maximum atomic E-state index is 5.68. The van der Waals surface area contributed by atoms with Crippen molar-refractivity contribution in [2.45, 2.75) is 13.8 Å². The number of H-pyrrole nitrogens is 1. The van der Waals surface area contributed by atoms with E-state index in [2.05, 4.69) is 41.5 Å². The third-order valence-corrected chi connectivity index (χ3v) is 2.45. The fourth-order valence-corrected chi connectivity index (χ4v) is 1.37. The van der Waals surface area contributed by atoms with E-state index < -0.39 is 0 Å². The smallest absolute Gasteiger partial charge is 0.143 e. The van der Waals surface area contributed by atoms with E-state index in [0.717, 1.165) is 11.4 Å². The van der Waals surface area contributed by atoms with Crippen molar-refractivity contribution in [1.82, 2.24) is 10.2 Å². The summed E-state index contributed by atoms with van der Waals surface area (Å²) >= 11 is 0. The van der Waals surface area contributed by atoms with E-state index in [4.69, 9.17) is 5.73 Å². The maximum Gasteiger partial charge on any atom is 0.143 e. The van der Waals surface area contributed by atoms with E-state index in [0.29, 0.717) is 5.82 Å². The summed E-state index contributed by atoms with van der Waals surface area (Å²) in [5.41, 5.74) is 10.0. The standard InChI is InChI=1S/C11H14N4/c1-7-3-4-9(5-8(7)2)14-10-6-13-15-11(10)12/h3-6,14H,1-2H3,(H3,12,13,15). The second-order valence-electron chi connectivity index (χ2n) is 3.62. The lowest BCUT2D eigenvalue weighted by Gasteiger charge is -2.07. The molecule has 0 aliphatic rings. The van der Waals surface area contributed by atoms with Crippen molar-refractivity contribution in [3.8, 4) is 0 Å². The normalized spacial score (nSPS) is 10.3. The van der Waals surface area contributed by atoms with Gasteiger partial charge in [-0.1, -0.05) is 6.07 Å². The lowest BCUT2D eigenvalue weighted by atomic mass is 10.1. The number of anilines is 3. The fraction of sp³-hybridized carbons (Fsp3) is 0.182. The lowest BCUT2D eigenvalue weighted by Crippen LogP contribution is -1.94. The number of aryl methyl sites for hydroxylation is 2. The largest absolute Gasteiger partial charge is 0.382 e. The highest BCUT2D eigenvalue weighted by atomic mass is 15.2. The predicted octanol–water partition coefficient (Wildman–Crippen LogP) is 2.35. The van der Waals surface area contributed by atoms with Crippen LogP contribution in [0.4, 0.5) is 17.2 Å². The van der Waals surface area contributed by atoms with Crippen molar-refractivity contribution >= 4 is 17.2 Å². The molecule has 0 amide bonds. The Bertz CT molecular complexity index is 473. The van der Waals surface area contributed by atoms with Crippen molar-refractivity contribution in [2.75, 3.05) is 11.1 Å². The molecule has 0 saturated heterocycles. The Hall–Kier alpha value is -1.97. The molecule has 4 nitrogen and oxygen atoms in total. The Morgan fingerprint density at radius 2 is 2.07 bits per heavy atom. The Balaban J connectivity index is 2.25. The molecule has 1 heterocycles. The van der Waals surface area contributed by atoms with E-state index >= 15 is 0 Å². The molecule has 0 radical (unpaired) electrons. The molecule has 2 rings (SSSR count). The molecule has 78 valence electrons. The van der Waals surface area contributed by atoms with Gasteiger partial charge in [-0.3, -0.25) is 5.10 Å². The summed E-state index contributed by atoms with van der Waals surface area (Å²) in [5.74, 6) is 0.549. The quantitative estimate of drug-likeness (QED) is 0.700. The average molecular weight is 202 g/mol. The summed E-state index contributed by atoms with van der Waals surface area (Å²) in [7, 11) is 0. The van der Waals surface area contributed by atoms with Crippen molar-refractivity contribution in [1.29, 1.82) is 0 Å². The number of aromatic nitrogens is 2. The fourth-order valence-electron chi connectivity index (χ4n) is 1.37. The number of nitrogen functional groups attached to an aromatic ring is 1. The van der Waals surface area contributed by atoms with Gasteiger partial charge in [-0.15, -0.1) is 0 Å². The first-order valence-corrected chi connectivity index (χ1v) is 4.80. The number of nitrogens with zero attached hydrogens (tertiary/aromatic N) is 1. The molecule has 0 aliphatic heterocycles. The molecular formula is C11H14N4. The van der Waals surface area contributed by atoms with Gasteiger partial charge < -0.3 is 11.1 Å². The van der Waals surface area contributed by atoms with Gasteiger partial charge in [0.15, 0.2) is 0 Å². The van der Waals surface area contributed by atoms with Crippen LogP contribution >= 0.6 is 0 Å². The summed E-state index contributed by atoms with van der Waals surface area (Å²) in [6.07, 6.45) is 1.67. The Morgan fingerprint density at radius 1 is 1.27 bits per heavy atom. The molecule has 0 unspecified atom stereocenters. The summed E-state index contributed by atoms with van der Waals surface area (Å²) < 4.78 is 0. The minimum atomic E-state index is 0.549. The van der Waals surface area contributed by atoms with Gasteiger partial charge in [-0.05, 0) is 37.1 Å². The zero-order valence-electron chi connectivity index (χ0n) is 8.83. The van der Waals surface area contributed by atoms with Crippen LogP contribution in [0.3, 0.4) is 0 Å². The number of nitrogens with one attached hydrogen (secondary N) is 2. The summed E-state index contributed by atoms with van der Waals surface area (Å²) in [4.78, 5) is 0. The molecule has 0 bridgehead atoms. The Morgan fingerprint density at radius 3 is 2.67 bits per heavy atom. The molecule has 1 aromatic heterocycles. The van der Waals surface area contributed by atoms with Crippen molar-refractivity contribution in [3.63, 3.8) is 0 Å². The summed E-state index contributed by atoms with van der Waals surface area (Å²) in [6.45, 7) is 4.17. The van der Waals surface area contributed by atoms with Gasteiger partial charge in [0.25, 0.3) is 0 Å². The number of benzene rings is 1. The number of nitrogens with two attached hydrogens (primary N) is 1. The van der Waals surface area contributed by atoms with E-state index in [1.807, 2.05) is 6.07 Å². The Labute approximate surface area is 88.5 Å². The SMILES string of the molecule is Cc1ccc(Nc2cn[nH]c2N)cc1C. The maximum absolute atomic E-state index is 5.68. The van der Waals surface area contributed by atoms with Gasteiger partial charge >= 0.3 is 0 Å². The number of hydrogen-bond donors (Lipinski definition) is 3. The third-order valence-electron chi connectivity index (χ3n) is 2.45. The first kappa shape index (κ1) is 9.58. The van der Waals surface area contributed by atoms with Crippen molar-refractivity contribution in [3.05, 3.63) is 35.5 Å². The topological polar surface area (TPSA) is 66.7 Å². The van der Waals surface area contributed by atoms with Crippen LogP contribution in [0.25, 0.3) is 0 Å². The average Bonchev–Trinajstić information content (AvgIpc) is 2.59. The van der Waals surface area contributed by atoms with Gasteiger partial charge in [0.1, 0.15) is 11.5 Å². The number of rotatable bonds is 2. The second-order valence-corrected chi connectivity index (χ2v) is 3.62. The molecule has 0 fully saturated rings. The van der Waals surface area contributed by atoms with E-state index in [1.54, 1.807) is 6.20 Å². The minimum absolute atomic E-state index is 0.549. The van der Waals surface area contributed by atoms with Crippen LogP contribution in [-0.4, -0.2) is 10.2 Å². The third kappa shape index (κ3) is 1.93. The molecule has 1 aromatic carbocycles. The van der Waals surface area contributed by atoms with Crippen molar-refractivity contribution < 1.29 is 0 Å². The predicted molar refractivity (Wildman–Crippen MR) is 62.2 cm³/mol. The molecule has 0 aliphatic carbocycles. The first-order valence-electron chi connectivity index (χ1n) is 4.80. The van der Waals surface area contributed by atoms with Crippen LogP contribution in [-0.2, 0) is 0 Å². The van der Waals surface area contributed by atoms with E-state index in [9.17, 15) is 0 Å². The van der Waals surface area contributed by atoms with Gasteiger partial charge in [0.05, 0.1) is 6.20 Å². The van der Waals surface area contributed by atoms with Gasteiger partial charge in [0, 0.05) is 5.69 Å². The monoisotopic (exact) mass is 202 g/mol. The summed E-state index contributed by atoms with van der Waals surface area (Å²) in [6, 6.07) is 6.19. The number of aromatic amines is 1.